The molecule has 1 atom stereocenters. The highest BCUT2D eigenvalue weighted by Crippen LogP contribution is 2.41. The SMILES string of the molecule is CCOc1cc(C2c3c(oc4ccccc4c3=O)C(=O)N2Cc2ccco2)ccc1O. The van der Waals surface area contributed by atoms with Gasteiger partial charge in [-0.3, -0.25) is 9.59 Å². The minimum Gasteiger partial charge on any atom is -0.504 e. The molecule has 31 heavy (non-hydrogen) atoms. The molecule has 2 aromatic carbocycles. The lowest BCUT2D eigenvalue weighted by atomic mass is 9.98. The minimum atomic E-state index is -0.715. The summed E-state index contributed by atoms with van der Waals surface area (Å²) in [6.07, 6.45) is 1.53. The maximum Gasteiger partial charge on any atom is 0.291 e. The number of ether oxygens (including phenoxy) is 1. The van der Waals surface area contributed by atoms with Crippen molar-refractivity contribution in [2.24, 2.45) is 0 Å². The minimum absolute atomic E-state index is 0.0155. The Bertz CT molecular complexity index is 1340. The van der Waals surface area contributed by atoms with E-state index in [1.54, 1.807) is 48.5 Å². The summed E-state index contributed by atoms with van der Waals surface area (Å²) in [4.78, 5) is 28.3. The van der Waals surface area contributed by atoms with Crippen molar-refractivity contribution in [3.05, 3.63) is 93.7 Å². The number of rotatable bonds is 5. The lowest BCUT2D eigenvalue weighted by Gasteiger charge is -2.24. The maximum absolute atomic E-state index is 13.4. The van der Waals surface area contributed by atoms with Crippen LogP contribution in [0, 0.1) is 0 Å². The van der Waals surface area contributed by atoms with Gasteiger partial charge in [0.15, 0.2) is 16.9 Å². The predicted octanol–water partition coefficient (Wildman–Crippen LogP) is 4.24. The highest BCUT2D eigenvalue weighted by molar-refractivity contribution is 5.99. The van der Waals surface area contributed by atoms with Crippen molar-refractivity contribution in [2.75, 3.05) is 6.61 Å². The topological polar surface area (TPSA) is 93.1 Å². The number of fused-ring (bicyclic) bond motifs is 2. The predicted molar refractivity (Wildman–Crippen MR) is 112 cm³/mol. The van der Waals surface area contributed by atoms with Crippen LogP contribution in [0.15, 0.2) is 74.5 Å². The second-order valence-corrected chi connectivity index (χ2v) is 7.25. The fourth-order valence-electron chi connectivity index (χ4n) is 4.02. The van der Waals surface area contributed by atoms with E-state index in [-0.39, 0.29) is 34.8 Å². The van der Waals surface area contributed by atoms with Gasteiger partial charge in [0.2, 0.25) is 5.76 Å². The first-order chi connectivity index (χ1) is 15.1. The summed E-state index contributed by atoms with van der Waals surface area (Å²) >= 11 is 0. The van der Waals surface area contributed by atoms with E-state index in [0.29, 0.717) is 28.9 Å². The average molecular weight is 417 g/mol. The Kier molecular flexibility index (Phi) is 4.51. The summed E-state index contributed by atoms with van der Waals surface area (Å²) in [5, 5.41) is 10.5. The van der Waals surface area contributed by atoms with Crippen molar-refractivity contribution in [2.45, 2.75) is 19.5 Å². The molecule has 1 aliphatic heterocycles. The number of furan rings is 1. The number of phenolic OH excluding ortho intramolecular Hbond substituents is 1. The van der Waals surface area contributed by atoms with Crippen LogP contribution in [-0.2, 0) is 6.54 Å². The normalized spacial score (nSPS) is 15.5. The summed E-state index contributed by atoms with van der Waals surface area (Å²) < 4.78 is 16.9. The van der Waals surface area contributed by atoms with Crippen LogP contribution in [0.25, 0.3) is 11.0 Å². The number of amides is 1. The Hall–Kier alpha value is -4.00. The van der Waals surface area contributed by atoms with Gasteiger partial charge in [-0.05, 0) is 48.9 Å². The van der Waals surface area contributed by atoms with Crippen LogP contribution in [0.3, 0.4) is 0 Å². The zero-order chi connectivity index (χ0) is 21.5. The van der Waals surface area contributed by atoms with E-state index in [1.807, 2.05) is 6.92 Å². The zero-order valence-corrected chi connectivity index (χ0v) is 16.7. The molecule has 0 spiro atoms. The first kappa shape index (κ1) is 19.0. The summed E-state index contributed by atoms with van der Waals surface area (Å²) in [6.45, 7) is 2.33. The molecule has 0 saturated carbocycles. The monoisotopic (exact) mass is 417 g/mol. The van der Waals surface area contributed by atoms with Gasteiger partial charge in [0.1, 0.15) is 11.3 Å². The number of aromatic hydroxyl groups is 1. The molecule has 0 saturated heterocycles. The van der Waals surface area contributed by atoms with E-state index in [1.165, 1.54) is 17.2 Å². The van der Waals surface area contributed by atoms with Gasteiger partial charge in [-0.15, -0.1) is 0 Å². The van der Waals surface area contributed by atoms with E-state index < -0.39 is 11.9 Å². The van der Waals surface area contributed by atoms with Crippen molar-refractivity contribution < 1.29 is 23.5 Å². The Labute approximate surface area is 177 Å². The molecule has 4 aromatic rings. The molecule has 2 aromatic heterocycles. The van der Waals surface area contributed by atoms with E-state index in [9.17, 15) is 14.7 Å². The van der Waals surface area contributed by atoms with Gasteiger partial charge in [0, 0.05) is 0 Å². The van der Waals surface area contributed by atoms with Gasteiger partial charge in [-0.2, -0.15) is 0 Å². The molecule has 1 amide bonds. The quantitative estimate of drug-likeness (QED) is 0.522. The number of phenols is 1. The van der Waals surface area contributed by atoms with Crippen molar-refractivity contribution in [1.82, 2.24) is 4.90 Å². The van der Waals surface area contributed by atoms with Gasteiger partial charge >= 0.3 is 0 Å². The molecule has 1 aliphatic rings. The van der Waals surface area contributed by atoms with Crippen LogP contribution < -0.4 is 10.2 Å². The Balaban J connectivity index is 1.73. The number of benzene rings is 2. The van der Waals surface area contributed by atoms with Crippen LogP contribution in [0.2, 0.25) is 0 Å². The summed E-state index contributed by atoms with van der Waals surface area (Å²) in [6, 6.07) is 14.5. The third-order valence-corrected chi connectivity index (χ3v) is 5.38. The molecule has 3 heterocycles. The molecule has 0 aliphatic carbocycles. The molecular weight excluding hydrogens is 398 g/mol. The second kappa shape index (κ2) is 7.36. The highest BCUT2D eigenvalue weighted by atomic mass is 16.5. The standard InChI is InChI=1S/C24H19NO6/c1-2-29-19-12-14(9-10-17(19)26)21-20-22(27)16-7-3-4-8-18(16)31-23(20)24(28)25(21)13-15-6-5-11-30-15/h3-12,21,26H,2,13H2,1H3. The van der Waals surface area contributed by atoms with Gasteiger partial charge in [-0.25, -0.2) is 0 Å². The molecule has 1 unspecified atom stereocenters. The first-order valence-corrected chi connectivity index (χ1v) is 9.93. The molecule has 156 valence electrons. The third kappa shape index (κ3) is 3.06. The number of carbonyl (C=O) groups excluding carboxylic acids is 1. The molecule has 7 heteroatoms. The van der Waals surface area contributed by atoms with Crippen molar-refractivity contribution >= 4 is 16.9 Å². The van der Waals surface area contributed by atoms with Crippen LogP contribution in [-0.4, -0.2) is 22.5 Å². The lowest BCUT2D eigenvalue weighted by Crippen LogP contribution is -2.29. The van der Waals surface area contributed by atoms with E-state index in [4.69, 9.17) is 13.6 Å². The largest absolute Gasteiger partial charge is 0.504 e. The van der Waals surface area contributed by atoms with Crippen molar-refractivity contribution in [3.63, 3.8) is 0 Å². The first-order valence-electron chi connectivity index (χ1n) is 9.93. The highest BCUT2D eigenvalue weighted by Gasteiger charge is 2.43. The van der Waals surface area contributed by atoms with Gasteiger partial charge < -0.3 is 23.6 Å². The molecule has 1 N–H and O–H groups in total. The van der Waals surface area contributed by atoms with E-state index in [2.05, 4.69) is 0 Å². The third-order valence-electron chi connectivity index (χ3n) is 5.38. The molecular formula is C24H19NO6. The number of para-hydroxylation sites is 1. The Morgan fingerprint density at radius 2 is 1.94 bits per heavy atom. The van der Waals surface area contributed by atoms with Crippen LogP contribution >= 0.6 is 0 Å². The summed E-state index contributed by atoms with van der Waals surface area (Å²) in [5.74, 6) is 0.464. The van der Waals surface area contributed by atoms with Crippen LogP contribution in [0.5, 0.6) is 11.5 Å². The van der Waals surface area contributed by atoms with Crippen molar-refractivity contribution in [3.8, 4) is 11.5 Å². The van der Waals surface area contributed by atoms with E-state index in [0.717, 1.165) is 0 Å². The second-order valence-electron chi connectivity index (χ2n) is 7.25. The summed E-state index contributed by atoms with van der Waals surface area (Å²) in [7, 11) is 0. The van der Waals surface area contributed by atoms with Crippen molar-refractivity contribution in [1.29, 1.82) is 0 Å². The Morgan fingerprint density at radius 1 is 1.10 bits per heavy atom. The zero-order valence-electron chi connectivity index (χ0n) is 16.7. The fourth-order valence-corrected chi connectivity index (χ4v) is 4.02. The maximum atomic E-state index is 13.4. The Morgan fingerprint density at radius 3 is 2.71 bits per heavy atom. The van der Waals surface area contributed by atoms with E-state index >= 15 is 0 Å². The number of hydrogen-bond donors (Lipinski definition) is 1. The van der Waals surface area contributed by atoms with Crippen LogP contribution in [0.1, 0.15) is 40.4 Å². The number of carbonyl (C=O) groups is 1. The smallest absolute Gasteiger partial charge is 0.291 e. The molecule has 5 rings (SSSR count). The average Bonchev–Trinajstić information content (AvgIpc) is 3.38. The van der Waals surface area contributed by atoms with Gasteiger partial charge in [0.25, 0.3) is 5.91 Å². The van der Waals surface area contributed by atoms with Gasteiger partial charge in [0.05, 0.1) is 36.4 Å². The van der Waals surface area contributed by atoms with Gasteiger partial charge in [-0.1, -0.05) is 18.2 Å². The lowest BCUT2D eigenvalue weighted by molar-refractivity contribution is 0.0701. The molecule has 7 nitrogen and oxygen atoms in total. The molecule has 0 bridgehead atoms. The number of hydrogen-bond acceptors (Lipinski definition) is 6. The molecule has 0 fully saturated rings. The molecule has 0 radical (unpaired) electrons. The van der Waals surface area contributed by atoms with Crippen LogP contribution in [0.4, 0.5) is 0 Å². The number of nitrogens with zero attached hydrogens (tertiary/aromatic N) is 1. The summed E-state index contributed by atoms with van der Waals surface area (Å²) in [5.41, 5.74) is 0.993. The fraction of sp³-hybridized carbons (Fsp3) is 0.167.